The predicted molar refractivity (Wildman–Crippen MR) is 76.4 cm³/mol. The van der Waals surface area contributed by atoms with E-state index in [1.54, 1.807) is 24.7 Å². The second-order valence-corrected chi connectivity index (χ2v) is 5.65. The Balaban J connectivity index is 1.89. The first-order valence-electron chi connectivity index (χ1n) is 6.44. The van der Waals surface area contributed by atoms with Crippen LogP contribution in [0.2, 0.25) is 0 Å². The number of hydrogen-bond donors (Lipinski definition) is 1. The average Bonchev–Trinajstić information content (AvgIpc) is 2.94. The number of anilines is 1. The normalized spacial score (nSPS) is 19.6. The van der Waals surface area contributed by atoms with Gasteiger partial charge in [0, 0.05) is 20.1 Å². The van der Waals surface area contributed by atoms with Gasteiger partial charge in [-0.2, -0.15) is 0 Å². The first kappa shape index (κ1) is 12.3. The van der Waals surface area contributed by atoms with E-state index in [0.29, 0.717) is 0 Å². The highest BCUT2D eigenvalue weighted by atomic mass is 32.1. The van der Waals surface area contributed by atoms with Gasteiger partial charge in [-0.25, -0.2) is 9.97 Å². The Kier molecular flexibility index (Phi) is 3.33. The Morgan fingerprint density at radius 2 is 2.42 bits per heavy atom. The van der Waals surface area contributed by atoms with E-state index >= 15 is 0 Å². The van der Waals surface area contributed by atoms with Crippen LogP contribution in [0.5, 0.6) is 0 Å². The molecule has 100 valence electrons. The smallest absolute Gasteiger partial charge is 0.224 e. The van der Waals surface area contributed by atoms with Crippen LogP contribution in [0.25, 0.3) is 10.2 Å². The maximum atomic E-state index is 11.8. The molecule has 0 bridgehead atoms. The van der Waals surface area contributed by atoms with Crippen molar-refractivity contribution >= 4 is 33.3 Å². The molecule has 0 aromatic carbocycles. The lowest BCUT2D eigenvalue weighted by Crippen LogP contribution is -2.42. The number of nitrogens with zero attached hydrogens (tertiary/aromatic N) is 3. The molecule has 0 spiro atoms. The largest absolute Gasteiger partial charge is 0.359 e. The fraction of sp³-hybridized carbons (Fsp3) is 0.462. The molecular weight excluding hydrogens is 260 g/mol. The van der Waals surface area contributed by atoms with E-state index in [4.69, 9.17) is 0 Å². The third-order valence-corrected chi connectivity index (χ3v) is 4.46. The van der Waals surface area contributed by atoms with Crippen LogP contribution in [-0.4, -0.2) is 36.0 Å². The number of nitrogens with one attached hydrogen (secondary N) is 1. The lowest BCUT2D eigenvalue weighted by atomic mass is 9.97. The van der Waals surface area contributed by atoms with Crippen molar-refractivity contribution in [2.75, 3.05) is 25.0 Å². The van der Waals surface area contributed by atoms with Crippen molar-refractivity contribution in [1.82, 2.24) is 15.3 Å². The van der Waals surface area contributed by atoms with E-state index in [2.05, 4.69) is 20.2 Å². The third kappa shape index (κ3) is 2.28. The van der Waals surface area contributed by atoms with E-state index in [1.807, 2.05) is 11.4 Å². The number of amides is 1. The number of piperidine rings is 1. The Labute approximate surface area is 115 Å². The highest BCUT2D eigenvalue weighted by Crippen LogP contribution is 2.30. The first-order valence-corrected chi connectivity index (χ1v) is 7.32. The average molecular weight is 276 g/mol. The van der Waals surface area contributed by atoms with Gasteiger partial charge in [-0.15, -0.1) is 11.3 Å². The molecule has 1 amide bonds. The molecular formula is C13H16N4OS. The molecule has 0 aliphatic carbocycles. The van der Waals surface area contributed by atoms with Crippen molar-refractivity contribution in [3.63, 3.8) is 0 Å². The number of carbonyl (C=O) groups is 1. The number of hydrogen-bond acceptors (Lipinski definition) is 5. The highest BCUT2D eigenvalue weighted by Gasteiger charge is 2.26. The van der Waals surface area contributed by atoms with E-state index in [-0.39, 0.29) is 11.8 Å². The maximum Gasteiger partial charge on any atom is 0.224 e. The van der Waals surface area contributed by atoms with Gasteiger partial charge in [-0.3, -0.25) is 4.79 Å². The van der Waals surface area contributed by atoms with Gasteiger partial charge in [0.15, 0.2) is 0 Å². The summed E-state index contributed by atoms with van der Waals surface area (Å²) in [5.74, 6) is 1.15. The van der Waals surface area contributed by atoms with Crippen molar-refractivity contribution in [3.05, 3.63) is 17.8 Å². The highest BCUT2D eigenvalue weighted by molar-refractivity contribution is 7.17. The van der Waals surface area contributed by atoms with Crippen LogP contribution in [0.1, 0.15) is 12.8 Å². The van der Waals surface area contributed by atoms with Crippen LogP contribution in [-0.2, 0) is 4.79 Å². The summed E-state index contributed by atoms with van der Waals surface area (Å²) in [7, 11) is 1.70. The zero-order valence-corrected chi connectivity index (χ0v) is 11.6. The minimum Gasteiger partial charge on any atom is -0.359 e. The fourth-order valence-electron chi connectivity index (χ4n) is 2.59. The number of carbonyl (C=O) groups excluding carboxylic acids is 1. The quantitative estimate of drug-likeness (QED) is 0.906. The molecule has 2 aromatic rings. The lowest BCUT2D eigenvalue weighted by Gasteiger charge is -2.32. The van der Waals surface area contributed by atoms with E-state index < -0.39 is 0 Å². The molecule has 6 heteroatoms. The lowest BCUT2D eigenvalue weighted by molar-refractivity contribution is -0.124. The summed E-state index contributed by atoms with van der Waals surface area (Å²) in [6.45, 7) is 1.70. The Morgan fingerprint density at radius 3 is 3.26 bits per heavy atom. The summed E-state index contributed by atoms with van der Waals surface area (Å²) in [4.78, 5) is 22.7. The second kappa shape index (κ2) is 5.13. The summed E-state index contributed by atoms with van der Waals surface area (Å²) in [5, 5.41) is 4.77. The van der Waals surface area contributed by atoms with Gasteiger partial charge in [0.25, 0.3) is 0 Å². The Hall–Kier alpha value is -1.69. The number of rotatable bonds is 2. The summed E-state index contributed by atoms with van der Waals surface area (Å²) in [6.07, 6.45) is 3.58. The van der Waals surface area contributed by atoms with Crippen LogP contribution in [0, 0.1) is 5.92 Å². The molecule has 1 aliphatic heterocycles. The third-order valence-electron chi connectivity index (χ3n) is 3.56. The van der Waals surface area contributed by atoms with Crippen LogP contribution in [0.3, 0.4) is 0 Å². The van der Waals surface area contributed by atoms with Crippen LogP contribution >= 0.6 is 11.3 Å². The minimum atomic E-state index is 0.0590. The van der Waals surface area contributed by atoms with E-state index in [0.717, 1.165) is 42.0 Å². The monoisotopic (exact) mass is 276 g/mol. The van der Waals surface area contributed by atoms with Gasteiger partial charge in [0.05, 0.1) is 16.1 Å². The summed E-state index contributed by atoms with van der Waals surface area (Å²) < 4.78 is 1.11. The van der Waals surface area contributed by atoms with Crippen molar-refractivity contribution < 1.29 is 4.79 Å². The van der Waals surface area contributed by atoms with Crippen LogP contribution < -0.4 is 10.2 Å². The molecule has 0 unspecified atom stereocenters. The zero-order chi connectivity index (χ0) is 13.2. The van der Waals surface area contributed by atoms with Gasteiger partial charge in [-0.1, -0.05) is 0 Å². The number of aromatic nitrogens is 2. The maximum absolute atomic E-state index is 11.8. The molecule has 1 aliphatic rings. The second-order valence-electron chi connectivity index (χ2n) is 4.73. The van der Waals surface area contributed by atoms with Crippen LogP contribution in [0.15, 0.2) is 17.8 Å². The van der Waals surface area contributed by atoms with E-state index in [9.17, 15) is 4.79 Å². The fourth-order valence-corrected chi connectivity index (χ4v) is 3.45. The van der Waals surface area contributed by atoms with Gasteiger partial charge in [0.1, 0.15) is 12.1 Å². The molecule has 1 N–H and O–H groups in total. The molecule has 0 radical (unpaired) electrons. The van der Waals surface area contributed by atoms with Crippen molar-refractivity contribution in [1.29, 1.82) is 0 Å². The predicted octanol–water partition coefficient (Wildman–Crippen LogP) is 1.65. The molecule has 3 rings (SSSR count). The van der Waals surface area contributed by atoms with Gasteiger partial charge in [0.2, 0.25) is 5.91 Å². The molecule has 2 aromatic heterocycles. The number of fused-ring (bicyclic) bond motifs is 1. The molecule has 19 heavy (non-hydrogen) atoms. The SMILES string of the molecule is CNC(=O)[C@H]1CCCN(c2ncnc3ccsc23)C1. The zero-order valence-electron chi connectivity index (χ0n) is 10.8. The molecule has 1 atom stereocenters. The molecule has 1 saturated heterocycles. The van der Waals surface area contributed by atoms with Gasteiger partial charge >= 0.3 is 0 Å². The van der Waals surface area contributed by atoms with E-state index in [1.165, 1.54) is 0 Å². The Morgan fingerprint density at radius 1 is 1.53 bits per heavy atom. The van der Waals surface area contributed by atoms with Gasteiger partial charge in [-0.05, 0) is 24.3 Å². The topological polar surface area (TPSA) is 58.1 Å². The Bertz CT molecular complexity index is 597. The molecule has 1 fully saturated rings. The van der Waals surface area contributed by atoms with Crippen LogP contribution in [0.4, 0.5) is 5.82 Å². The van der Waals surface area contributed by atoms with Crippen molar-refractivity contribution in [3.8, 4) is 0 Å². The number of thiophene rings is 1. The molecule has 0 saturated carbocycles. The summed E-state index contributed by atoms with van der Waals surface area (Å²) >= 11 is 1.66. The van der Waals surface area contributed by atoms with Crippen molar-refractivity contribution in [2.45, 2.75) is 12.8 Å². The summed E-state index contributed by atoms with van der Waals surface area (Å²) in [6, 6.07) is 2.01. The van der Waals surface area contributed by atoms with Gasteiger partial charge < -0.3 is 10.2 Å². The molecule has 5 nitrogen and oxygen atoms in total. The molecule has 3 heterocycles. The first-order chi connectivity index (χ1) is 9.29. The minimum absolute atomic E-state index is 0.0590. The standard InChI is InChI=1S/C13H16N4OS/c1-14-13(18)9-3-2-5-17(7-9)12-11-10(4-6-19-11)15-8-16-12/h4,6,8-9H,2-3,5,7H2,1H3,(H,14,18)/t9-/m0/s1. The summed E-state index contributed by atoms with van der Waals surface area (Å²) in [5.41, 5.74) is 0.983. The van der Waals surface area contributed by atoms with Crippen molar-refractivity contribution in [2.24, 2.45) is 5.92 Å².